The fraction of sp³-hybridized carbons (Fsp3) is 0.316. The number of hydrogen-bond acceptors (Lipinski definition) is 2. The number of nitrogens with one attached hydrogen (secondary N) is 1. The van der Waals surface area contributed by atoms with Gasteiger partial charge in [-0.2, -0.15) is 0 Å². The minimum atomic E-state index is -0.571. The van der Waals surface area contributed by atoms with E-state index >= 15 is 0 Å². The molecule has 3 rings (SSSR count). The van der Waals surface area contributed by atoms with Crippen molar-refractivity contribution in [1.82, 2.24) is 5.32 Å². The smallest absolute Gasteiger partial charge is 0.261 e. The van der Waals surface area contributed by atoms with Crippen LogP contribution in [0.2, 0.25) is 5.02 Å². The van der Waals surface area contributed by atoms with Crippen molar-refractivity contribution < 1.29 is 9.53 Å². The van der Waals surface area contributed by atoms with Crippen molar-refractivity contribution in [3.05, 3.63) is 65.2 Å². The van der Waals surface area contributed by atoms with E-state index in [1.807, 2.05) is 18.2 Å². The van der Waals surface area contributed by atoms with E-state index < -0.39 is 6.10 Å². The molecule has 0 radical (unpaired) electrons. The van der Waals surface area contributed by atoms with Gasteiger partial charge in [-0.3, -0.25) is 4.79 Å². The number of carbonyl (C=O) groups excluding carboxylic acids is 1. The quantitative estimate of drug-likeness (QED) is 0.854. The molecule has 2 aromatic rings. The third kappa shape index (κ3) is 4.26. The molecular weight excluding hydrogens is 310 g/mol. The lowest BCUT2D eigenvalue weighted by atomic mass is 10.0. The topological polar surface area (TPSA) is 38.3 Å². The van der Waals surface area contributed by atoms with Gasteiger partial charge in [-0.05, 0) is 49.4 Å². The Balaban J connectivity index is 1.65. The Labute approximate surface area is 141 Å². The summed E-state index contributed by atoms with van der Waals surface area (Å²) in [7, 11) is 0. The van der Waals surface area contributed by atoms with Gasteiger partial charge in [-0.1, -0.05) is 48.0 Å². The molecule has 1 fully saturated rings. The summed E-state index contributed by atoms with van der Waals surface area (Å²) in [6.45, 7) is 1.76. The van der Waals surface area contributed by atoms with Crippen LogP contribution in [-0.2, 0) is 4.79 Å². The van der Waals surface area contributed by atoms with Gasteiger partial charge in [0.15, 0.2) is 6.10 Å². The second kappa shape index (κ2) is 7.05. The van der Waals surface area contributed by atoms with Gasteiger partial charge in [-0.25, -0.2) is 0 Å². The first kappa shape index (κ1) is 15.9. The van der Waals surface area contributed by atoms with Crippen molar-refractivity contribution in [3.8, 4) is 5.75 Å². The highest BCUT2D eigenvalue weighted by Crippen LogP contribution is 2.41. The summed E-state index contributed by atoms with van der Waals surface area (Å²) in [5.41, 5.74) is 1.15. The minimum Gasteiger partial charge on any atom is -0.481 e. The van der Waals surface area contributed by atoms with Crippen LogP contribution < -0.4 is 10.1 Å². The Kier molecular flexibility index (Phi) is 4.87. The van der Waals surface area contributed by atoms with Crippen LogP contribution in [0.3, 0.4) is 0 Å². The number of ether oxygens (including phenoxy) is 1. The maximum Gasteiger partial charge on any atom is 0.261 e. The fourth-order valence-electron chi connectivity index (χ4n) is 2.63. The molecule has 4 heteroatoms. The van der Waals surface area contributed by atoms with Crippen LogP contribution in [0.4, 0.5) is 0 Å². The third-order valence-corrected chi connectivity index (χ3v) is 4.26. The molecule has 2 unspecified atom stereocenters. The monoisotopic (exact) mass is 329 g/mol. The maximum absolute atomic E-state index is 12.5. The molecule has 2 atom stereocenters. The van der Waals surface area contributed by atoms with Crippen LogP contribution in [0.1, 0.15) is 31.4 Å². The third-order valence-electron chi connectivity index (χ3n) is 4.03. The predicted molar refractivity (Wildman–Crippen MR) is 91.6 cm³/mol. The molecule has 23 heavy (non-hydrogen) atoms. The molecule has 1 aliphatic carbocycles. The molecular formula is C19H20ClNO2. The van der Waals surface area contributed by atoms with Crippen molar-refractivity contribution >= 4 is 17.5 Å². The predicted octanol–water partition coefficient (Wildman–Crippen LogP) is 4.37. The molecule has 0 saturated heterocycles. The van der Waals surface area contributed by atoms with E-state index in [-0.39, 0.29) is 11.9 Å². The second-order valence-corrected chi connectivity index (χ2v) is 6.39. The van der Waals surface area contributed by atoms with Gasteiger partial charge in [0, 0.05) is 5.02 Å². The number of hydrogen-bond donors (Lipinski definition) is 1. The molecule has 0 aliphatic heterocycles. The van der Waals surface area contributed by atoms with Crippen LogP contribution in [0.5, 0.6) is 5.75 Å². The van der Waals surface area contributed by atoms with E-state index in [0.29, 0.717) is 16.7 Å². The highest BCUT2D eigenvalue weighted by molar-refractivity contribution is 6.30. The number of rotatable bonds is 6. The molecule has 3 nitrogen and oxygen atoms in total. The van der Waals surface area contributed by atoms with Gasteiger partial charge in [0.25, 0.3) is 5.91 Å². The van der Waals surface area contributed by atoms with Crippen molar-refractivity contribution in [2.75, 3.05) is 0 Å². The Bertz CT molecular complexity index is 670. The Hall–Kier alpha value is -2.00. The average Bonchev–Trinajstić information content (AvgIpc) is 3.38. The summed E-state index contributed by atoms with van der Waals surface area (Å²) in [5, 5.41) is 3.73. The van der Waals surface area contributed by atoms with Crippen molar-refractivity contribution in [1.29, 1.82) is 0 Å². The SMILES string of the molecule is CC(Oc1cccc(Cl)c1)C(=O)NC(c1ccccc1)C1CC1. The van der Waals surface area contributed by atoms with E-state index in [0.717, 1.165) is 18.4 Å². The summed E-state index contributed by atoms with van der Waals surface area (Å²) in [6, 6.07) is 17.3. The van der Waals surface area contributed by atoms with E-state index in [1.54, 1.807) is 31.2 Å². The number of halogens is 1. The zero-order chi connectivity index (χ0) is 16.2. The Morgan fingerprint density at radius 1 is 1.17 bits per heavy atom. The normalized spacial score (nSPS) is 16.4. The lowest BCUT2D eigenvalue weighted by molar-refractivity contribution is -0.128. The average molecular weight is 330 g/mol. The van der Waals surface area contributed by atoms with E-state index in [1.165, 1.54) is 0 Å². The van der Waals surface area contributed by atoms with E-state index in [9.17, 15) is 4.79 Å². The molecule has 0 bridgehead atoms. The highest BCUT2D eigenvalue weighted by atomic mass is 35.5. The zero-order valence-corrected chi connectivity index (χ0v) is 13.8. The summed E-state index contributed by atoms with van der Waals surface area (Å²) < 4.78 is 5.70. The summed E-state index contributed by atoms with van der Waals surface area (Å²) in [6.07, 6.45) is 1.74. The molecule has 0 spiro atoms. The Morgan fingerprint density at radius 3 is 2.57 bits per heavy atom. The zero-order valence-electron chi connectivity index (χ0n) is 13.0. The first-order valence-corrected chi connectivity index (χ1v) is 8.29. The Morgan fingerprint density at radius 2 is 1.91 bits per heavy atom. The van der Waals surface area contributed by atoms with Crippen LogP contribution >= 0.6 is 11.6 Å². The van der Waals surface area contributed by atoms with Crippen LogP contribution in [-0.4, -0.2) is 12.0 Å². The molecule has 120 valence electrons. The largest absolute Gasteiger partial charge is 0.481 e. The first-order chi connectivity index (χ1) is 11.1. The number of carbonyl (C=O) groups is 1. The summed E-state index contributed by atoms with van der Waals surface area (Å²) >= 11 is 5.94. The van der Waals surface area contributed by atoms with Gasteiger partial charge in [0.1, 0.15) is 5.75 Å². The van der Waals surface area contributed by atoms with E-state index in [2.05, 4.69) is 17.4 Å². The first-order valence-electron chi connectivity index (χ1n) is 7.91. The summed E-state index contributed by atoms with van der Waals surface area (Å²) in [5.74, 6) is 1.02. The summed E-state index contributed by atoms with van der Waals surface area (Å²) in [4.78, 5) is 12.5. The lowest BCUT2D eigenvalue weighted by Crippen LogP contribution is -2.39. The fourth-order valence-corrected chi connectivity index (χ4v) is 2.81. The van der Waals surface area contributed by atoms with Crippen molar-refractivity contribution in [2.45, 2.75) is 31.9 Å². The van der Waals surface area contributed by atoms with Gasteiger partial charge >= 0.3 is 0 Å². The van der Waals surface area contributed by atoms with Crippen molar-refractivity contribution in [2.24, 2.45) is 5.92 Å². The van der Waals surface area contributed by atoms with Gasteiger partial charge < -0.3 is 10.1 Å². The lowest BCUT2D eigenvalue weighted by Gasteiger charge is -2.22. The van der Waals surface area contributed by atoms with Gasteiger partial charge in [0.05, 0.1) is 6.04 Å². The second-order valence-electron chi connectivity index (χ2n) is 5.95. The molecule has 1 N–H and O–H groups in total. The maximum atomic E-state index is 12.5. The molecule has 0 aromatic heterocycles. The van der Waals surface area contributed by atoms with Gasteiger partial charge in [-0.15, -0.1) is 0 Å². The van der Waals surface area contributed by atoms with Crippen molar-refractivity contribution in [3.63, 3.8) is 0 Å². The highest BCUT2D eigenvalue weighted by Gasteiger charge is 2.34. The molecule has 1 amide bonds. The number of benzene rings is 2. The molecule has 2 aromatic carbocycles. The number of amides is 1. The minimum absolute atomic E-state index is 0.0640. The molecule has 0 heterocycles. The van der Waals surface area contributed by atoms with Crippen LogP contribution in [0.15, 0.2) is 54.6 Å². The standard InChI is InChI=1S/C19H20ClNO2/c1-13(23-17-9-5-8-16(20)12-17)19(22)21-18(15-10-11-15)14-6-3-2-4-7-14/h2-9,12-13,15,18H,10-11H2,1H3,(H,21,22). The van der Waals surface area contributed by atoms with Crippen LogP contribution in [0.25, 0.3) is 0 Å². The van der Waals surface area contributed by atoms with Crippen LogP contribution in [0, 0.1) is 5.92 Å². The van der Waals surface area contributed by atoms with Gasteiger partial charge in [0.2, 0.25) is 0 Å². The molecule has 1 saturated carbocycles. The van der Waals surface area contributed by atoms with E-state index in [4.69, 9.17) is 16.3 Å². The molecule has 1 aliphatic rings.